The van der Waals surface area contributed by atoms with Crippen molar-refractivity contribution in [1.82, 2.24) is 39.0 Å². The highest BCUT2D eigenvalue weighted by Crippen LogP contribution is 2.45. The van der Waals surface area contributed by atoms with Crippen molar-refractivity contribution in [3.8, 4) is 146 Å². The molecule has 19 rings (SSSR count). The molecule has 0 bridgehead atoms. The molecule has 0 fully saturated rings. The summed E-state index contributed by atoms with van der Waals surface area (Å²) in [5.41, 5.74) is 29.6. The van der Waals surface area contributed by atoms with Crippen LogP contribution in [-0.4, -0.2) is 39.0 Å². The van der Waals surface area contributed by atoms with Gasteiger partial charge in [-0.3, -0.25) is 0 Å². The highest BCUT2D eigenvalue weighted by atomic mass is 15.1. The number of aryl methyl sites for hydroxylation is 4. The number of aromatic nitrogens is 8. The van der Waals surface area contributed by atoms with Crippen LogP contribution >= 0.6 is 0 Å². The summed E-state index contributed by atoms with van der Waals surface area (Å²) in [7, 11) is 0. The maximum absolute atomic E-state index is 5.50. The molecule has 8 nitrogen and oxygen atoms in total. The average molecular weight is 1380 g/mol. The van der Waals surface area contributed by atoms with Crippen molar-refractivity contribution >= 4 is 43.6 Å². The lowest BCUT2D eigenvalue weighted by atomic mass is 9.95. The first-order valence-electron chi connectivity index (χ1n) is 36.7. The molecule has 0 aliphatic rings. The number of fused-ring (bicyclic) bond motifs is 6. The molecule has 15 aromatic carbocycles. The van der Waals surface area contributed by atoms with E-state index in [0.717, 1.165) is 133 Å². The van der Waals surface area contributed by atoms with Crippen LogP contribution in [0.1, 0.15) is 22.3 Å². The Bertz CT molecular complexity index is 5990. The molecule has 510 valence electrons. The van der Waals surface area contributed by atoms with Crippen molar-refractivity contribution in [2.24, 2.45) is 0 Å². The minimum absolute atomic E-state index is 0.545. The molecule has 19 aromatic rings. The standard InChI is InChI=1S/C100H70N8/c1-63-26-17-21-40-79(63)75-46-52-89-83(59-75)84-60-76(80-41-22-18-27-64(80)2)47-53-90(84)107(89)93-50-44-73(57-87(93)99-103-95(67-30-9-5-10-31-67)101-96(104-99)68-32-11-6-12-33-68)71-38-25-39-72(56-71)74-45-51-94(88(58-74)100-105-97(69-34-13-7-14-35-69)102-98(106-100)70-36-15-8-16-37-70)108-91-54-48-77(81-42-23-19-28-65(81)3)61-85(91)86-62-78(49-55-92(86)108)82-43-24-20-29-66(82)4/h5-62H,1-4H3. The number of benzene rings is 15. The van der Waals surface area contributed by atoms with Gasteiger partial charge in [0.2, 0.25) is 0 Å². The fraction of sp³-hybridized carbons (Fsp3) is 0.0400. The molecular formula is C100H70N8. The summed E-state index contributed by atoms with van der Waals surface area (Å²) in [5.74, 6) is 3.41. The highest BCUT2D eigenvalue weighted by molar-refractivity contribution is 6.14. The van der Waals surface area contributed by atoms with Crippen LogP contribution in [-0.2, 0) is 0 Å². The molecule has 4 heterocycles. The van der Waals surface area contributed by atoms with Crippen LogP contribution in [0.15, 0.2) is 352 Å². The molecule has 0 saturated heterocycles. The molecule has 0 atom stereocenters. The highest BCUT2D eigenvalue weighted by Gasteiger charge is 2.26. The van der Waals surface area contributed by atoms with E-state index < -0.39 is 0 Å². The molecule has 0 unspecified atom stereocenters. The second-order valence-corrected chi connectivity index (χ2v) is 28.0. The van der Waals surface area contributed by atoms with Gasteiger partial charge >= 0.3 is 0 Å². The molecule has 0 amide bonds. The quantitative estimate of drug-likeness (QED) is 0.108. The van der Waals surface area contributed by atoms with Crippen LogP contribution in [0.2, 0.25) is 0 Å². The Morgan fingerprint density at radius 3 is 0.676 bits per heavy atom. The van der Waals surface area contributed by atoms with E-state index in [1.54, 1.807) is 0 Å². The van der Waals surface area contributed by atoms with E-state index in [1.807, 2.05) is 72.8 Å². The largest absolute Gasteiger partial charge is 0.308 e. The molecule has 0 saturated carbocycles. The minimum atomic E-state index is 0.545. The van der Waals surface area contributed by atoms with E-state index in [9.17, 15) is 0 Å². The van der Waals surface area contributed by atoms with E-state index in [4.69, 9.17) is 29.9 Å². The third-order valence-electron chi connectivity index (χ3n) is 21.2. The zero-order valence-corrected chi connectivity index (χ0v) is 60.1. The average Bonchev–Trinajstić information content (AvgIpc) is 1.57. The fourth-order valence-electron chi connectivity index (χ4n) is 15.7. The molecule has 8 heteroatoms. The van der Waals surface area contributed by atoms with Gasteiger partial charge in [-0.25, -0.2) is 29.9 Å². The van der Waals surface area contributed by atoms with E-state index in [1.165, 1.54) is 44.5 Å². The topological polar surface area (TPSA) is 87.2 Å². The Morgan fingerprint density at radius 1 is 0.167 bits per heavy atom. The summed E-state index contributed by atoms with van der Waals surface area (Å²) in [6.45, 7) is 8.76. The number of hydrogen-bond acceptors (Lipinski definition) is 6. The van der Waals surface area contributed by atoms with Gasteiger partial charge in [0, 0.05) is 54.9 Å². The van der Waals surface area contributed by atoms with Gasteiger partial charge in [0.05, 0.1) is 33.4 Å². The van der Waals surface area contributed by atoms with Crippen LogP contribution in [0.3, 0.4) is 0 Å². The zero-order chi connectivity index (χ0) is 72.3. The molecule has 0 aliphatic carbocycles. The summed E-state index contributed by atoms with van der Waals surface area (Å²) in [5, 5.41) is 4.56. The van der Waals surface area contributed by atoms with Gasteiger partial charge in [0.15, 0.2) is 34.9 Å². The molecule has 0 spiro atoms. The van der Waals surface area contributed by atoms with Gasteiger partial charge < -0.3 is 9.13 Å². The Hall–Kier alpha value is -14.1. The zero-order valence-electron chi connectivity index (χ0n) is 60.1. The van der Waals surface area contributed by atoms with Crippen molar-refractivity contribution in [3.05, 3.63) is 374 Å². The molecule has 4 aromatic heterocycles. The van der Waals surface area contributed by atoms with Crippen molar-refractivity contribution in [3.63, 3.8) is 0 Å². The van der Waals surface area contributed by atoms with Gasteiger partial charge in [0.1, 0.15) is 0 Å². The van der Waals surface area contributed by atoms with Crippen LogP contribution in [0.5, 0.6) is 0 Å². The normalized spacial score (nSPS) is 11.5. The summed E-state index contributed by atoms with van der Waals surface area (Å²) in [4.78, 5) is 32.5. The van der Waals surface area contributed by atoms with Gasteiger partial charge in [-0.15, -0.1) is 0 Å². The SMILES string of the molecule is Cc1ccccc1-c1ccc2c(c1)c1cc(-c3ccccc3C)ccc1n2-c1ccc(-c2cccc(-c3ccc(-n4c5ccc(-c6ccccc6C)cc5c5cc(-c6ccccc6C)ccc54)c(-c4nc(-c5ccccc5)nc(-c5ccccc5)n4)c3)c2)cc1-c1nc(-c2ccccc2)nc(-c2ccccc2)n1. The van der Waals surface area contributed by atoms with E-state index in [2.05, 4.69) is 316 Å². The monoisotopic (exact) mass is 1380 g/mol. The first-order valence-corrected chi connectivity index (χ1v) is 36.7. The second-order valence-electron chi connectivity index (χ2n) is 28.0. The minimum Gasteiger partial charge on any atom is -0.308 e. The predicted octanol–water partition coefficient (Wildman–Crippen LogP) is 25.5. The molecular weight excluding hydrogens is 1310 g/mol. The summed E-state index contributed by atoms with van der Waals surface area (Å²) >= 11 is 0. The first kappa shape index (κ1) is 64.7. The summed E-state index contributed by atoms with van der Waals surface area (Å²) in [6.07, 6.45) is 0. The molecule has 0 radical (unpaired) electrons. The van der Waals surface area contributed by atoms with Gasteiger partial charge in [-0.1, -0.05) is 273 Å². The second kappa shape index (κ2) is 27.2. The Labute approximate surface area is 627 Å². The van der Waals surface area contributed by atoms with E-state index in [0.29, 0.717) is 34.9 Å². The predicted molar refractivity (Wildman–Crippen MR) is 446 cm³/mol. The van der Waals surface area contributed by atoms with Gasteiger partial charge in [-0.2, -0.15) is 0 Å². The summed E-state index contributed by atoms with van der Waals surface area (Å²) in [6, 6.07) is 126. The van der Waals surface area contributed by atoms with Crippen LogP contribution in [0.25, 0.3) is 190 Å². The Morgan fingerprint density at radius 2 is 0.398 bits per heavy atom. The van der Waals surface area contributed by atoms with Crippen molar-refractivity contribution in [2.45, 2.75) is 27.7 Å². The van der Waals surface area contributed by atoms with E-state index >= 15 is 0 Å². The lowest BCUT2D eigenvalue weighted by molar-refractivity contribution is 1.06. The van der Waals surface area contributed by atoms with Crippen molar-refractivity contribution in [1.29, 1.82) is 0 Å². The Balaban J connectivity index is 0.832. The van der Waals surface area contributed by atoms with Crippen LogP contribution in [0.4, 0.5) is 0 Å². The molecule has 0 N–H and O–H groups in total. The molecule has 0 aliphatic heterocycles. The summed E-state index contributed by atoms with van der Waals surface area (Å²) < 4.78 is 4.83. The van der Waals surface area contributed by atoms with Gasteiger partial charge in [0.25, 0.3) is 0 Å². The molecule has 108 heavy (non-hydrogen) atoms. The maximum Gasteiger partial charge on any atom is 0.166 e. The van der Waals surface area contributed by atoms with Crippen LogP contribution in [0, 0.1) is 27.7 Å². The fourth-order valence-corrected chi connectivity index (χ4v) is 15.7. The van der Waals surface area contributed by atoms with Crippen molar-refractivity contribution < 1.29 is 0 Å². The number of nitrogens with zero attached hydrogens (tertiary/aromatic N) is 8. The first-order chi connectivity index (χ1) is 53.2. The maximum atomic E-state index is 5.50. The van der Waals surface area contributed by atoms with Crippen LogP contribution < -0.4 is 0 Å². The van der Waals surface area contributed by atoms with Gasteiger partial charge in [-0.05, 0) is 196 Å². The van der Waals surface area contributed by atoms with E-state index in [-0.39, 0.29) is 0 Å². The van der Waals surface area contributed by atoms with Crippen molar-refractivity contribution in [2.75, 3.05) is 0 Å². The lowest BCUT2D eigenvalue weighted by Gasteiger charge is -2.18. The number of rotatable bonds is 14. The third kappa shape index (κ3) is 11.8. The third-order valence-corrected chi connectivity index (χ3v) is 21.2. The number of hydrogen-bond donors (Lipinski definition) is 0. The lowest BCUT2D eigenvalue weighted by Crippen LogP contribution is -2.04. The smallest absolute Gasteiger partial charge is 0.166 e. The Kier molecular flexibility index (Phi) is 16.3.